The maximum atomic E-state index is 9.54. The molecule has 0 atom stereocenters. The second-order valence-electron chi connectivity index (χ2n) is 11.6. The molecule has 0 aromatic heterocycles. The highest BCUT2D eigenvalue weighted by Gasteiger charge is 2.46. The Kier molecular flexibility index (Phi) is 8.36. The number of unbranched alkanes of at least 4 members (excludes halogenated alkanes) is 2. The first-order chi connectivity index (χ1) is 17.6. The molecule has 36 heavy (non-hydrogen) atoms. The molecule has 0 saturated heterocycles. The van der Waals surface area contributed by atoms with Crippen molar-refractivity contribution in [1.29, 1.82) is 0 Å². The number of hydrogen-bond acceptors (Lipinski definition) is 3. The molecule has 0 radical (unpaired) electrons. The Bertz CT molecular complexity index is 973. The van der Waals surface area contributed by atoms with E-state index in [4.69, 9.17) is 4.74 Å². The van der Waals surface area contributed by atoms with Crippen molar-refractivity contribution in [3.05, 3.63) is 71.0 Å². The van der Waals surface area contributed by atoms with Crippen LogP contribution in [0.5, 0.6) is 11.5 Å². The fourth-order valence-corrected chi connectivity index (χ4v) is 7.41. The number of aromatic hydroxyl groups is 1. The molecule has 4 fully saturated rings. The van der Waals surface area contributed by atoms with Crippen molar-refractivity contribution in [3.8, 4) is 11.5 Å². The van der Waals surface area contributed by atoms with Gasteiger partial charge in [-0.3, -0.25) is 0 Å². The first-order valence-corrected chi connectivity index (χ1v) is 14.6. The molecule has 4 saturated carbocycles. The van der Waals surface area contributed by atoms with E-state index in [0.29, 0.717) is 5.75 Å². The van der Waals surface area contributed by atoms with Gasteiger partial charge in [0.15, 0.2) is 0 Å². The van der Waals surface area contributed by atoms with Crippen molar-refractivity contribution in [2.24, 2.45) is 23.7 Å². The molecular weight excluding hydrogens is 442 g/mol. The molecule has 0 spiro atoms. The average Bonchev–Trinajstić information content (AvgIpc) is 2.88. The Balaban J connectivity index is 1.26. The third-order valence-electron chi connectivity index (χ3n) is 9.12. The minimum Gasteiger partial charge on any atom is -0.508 e. The summed E-state index contributed by atoms with van der Waals surface area (Å²) in [5, 5.41) is 9.54. The van der Waals surface area contributed by atoms with Crippen LogP contribution in [0, 0.1) is 23.7 Å². The normalized spacial score (nSPS) is 24.5. The molecule has 6 rings (SSSR count). The molecule has 1 N–H and O–H groups in total. The number of phenols is 1. The van der Waals surface area contributed by atoms with Crippen LogP contribution in [-0.2, 0) is 6.42 Å². The SMILES string of the molecule is CCN(CC)CCCCCC(Oc1ccc(Cc2ccc(O)cc2)cc1)=C1C2CC3CC(C2)CC1C3. The summed E-state index contributed by atoms with van der Waals surface area (Å²) in [6, 6.07) is 16.2. The van der Waals surface area contributed by atoms with Gasteiger partial charge in [0.2, 0.25) is 0 Å². The van der Waals surface area contributed by atoms with Crippen LogP contribution in [-0.4, -0.2) is 29.6 Å². The van der Waals surface area contributed by atoms with Crippen molar-refractivity contribution in [1.82, 2.24) is 4.90 Å². The summed E-state index contributed by atoms with van der Waals surface area (Å²) in [5.41, 5.74) is 4.19. The van der Waals surface area contributed by atoms with E-state index in [-0.39, 0.29) is 0 Å². The van der Waals surface area contributed by atoms with Crippen LogP contribution < -0.4 is 4.74 Å². The molecular formula is C33H45NO2. The number of benzene rings is 2. The highest BCUT2D eigenvalue weighted by Crippen LogP contribution is 2.57. The Morgan fingerprint density at radius 1 is 0.778 bits per heavy atom. The van der Waals surface area contributed by atoms with Gasteiger partial charge in [0.05, 0.1) is 0 Å². The first kappa shape index (κ1) is 25.4. The molecule has 4 aliphatic carbocycles. The lowest BCUT2D eigenvalue weighted by Crippen LogP contribution is -2.41. The van der Waals surface area contributed by atoms with Gasteiger partial charge < -0.3 is 14.7 Å². The van der Waals surface area contributed by atoms with E-state index < -0.39 is 0 Å². The van der Waals surface area contributed by atoms with Gasteiger partial charge in [0, 0.05) is 6.42 Å². The lowest BCUT2D eigenvalue weighted by atomic mass is 9.54. The summed E-state index contributed by atoms with van der Waals surface area (Å²) in [5.74, 6) is 6.14. The van der Waals surface area contributed by atoms with Gasteiger partial charge in [0.1, 0.15) is 17.3 Å². The van der Waals surface area contributed by atoms with Gasteiger partial charge in [-0.05, 0) is 136 Å². The monoisotopic (exact) mass is 487 g/mol. The lowest BCUT2D eigenvalue weighted by molar-refractivity contribution is 0.0640. The first-order valence-electron chi connectivity index (χ1n) is 14.6. The summed E-state index contributed by atoms with van der Waals surface area (Å²) in [4.78, 5) is 2.54. The van der Waals surface area contributed by atoms with E-state index >= 15 is 0 Å². The minimum absolute atomic E-state index is 0.320. The van der Waals surface area contributed by atoms with Crippen molar-refractivity contribution in [3.63, 3.8) is 0 Å². The van der Waals surface area contributed by atoms with E-state index in [1.54, 1.807) is 17.7 Å². The highest BCUT2D eigenvalue weighted by atomic mass is 16.5. The maximum Gasteiger partial charge on any atom is 0.126 e. The fourth-order valence-electron chi connectivity index (χ4n) is 7.41. The molecule has 3 nitrogen and oxygen atoms in total. The predicted molar refractivity (Wildman–Crippen MR) is 148 cm³/mol. The molecule has 0 heterocycles. The average molecular weight is 488 g/mol. The second-order valence-corrected chi connectivity index (χ2v) is 11.6. The largest absolute Gasteiger partial charge is 0.508 e. The number of allylic oxidation sites excluding steroid dienone is 2. The molecule has 2 aromatic carbocycles. The summed E-state index contributed by atoms with van der Waals surface area (Å²) in [6.07, 6.45) is 12.9. The summed E-state index contributed by atoms with van der Waals surface area (Å²) < 4.78 is 6.77. The Morgan fingerprint density at radius 2 is 1.36 bits per heavy atom. The van der Waals surface area contributed by atoms with Gasteiger partial charge >= 0.3 is 0 Å². The van der Waals surface area contributed by atoms with Crippen LogP contribution >= 0.6 is 0 Å². The molecule has 0 aliphatic heterocycles. The number of nitrogens with zero attached hydrogens (tertiary/aromatic N) is 1. The zero-order valence-electron chi connectivity index (χ0n) is 22.4. The lowest BCUT2D eigenvalue weighted by Gasteiger charge is -2.51. The van der Waals surface area contributed by atoms with Crippen LogP contribution in [0.4, 0.5) is 0 Å². The number of rotatable bonds is 12. The second kappa shape index (κ2) is 11.9. The topological polar surface area (TPSA) is 32.7 Å². The van der Waals surface area contributed by atoms with Gasteiger partial charge in [0.25, 0.3) is 0 Å². The molecule has 4 bridgehead atoms. The van der Waals surface area contributed by atoms with Crippen LogP contribution in [0.1, 0.15) is 82.8 Å². The summed E-state index contributed by atoms with van der Waals surface area (Å²) >= 11 is 0. The zero-order valence-corrected chi connectivity index (χ0v) is 22.4. The van der Waals surface area contributed by atoms with Gasteiger partial charge in [-0.25, -0.2) is 0 Å². The smallest absolute Gasteiger partial charge is 0.126 e. The number of hydrogen-bond donors (Lipinski definition) is 1. The number of ether oxygens (including phenoxy) is 1. The number of phenolic OH excluding ortho intramolecular Hbond substituents is 1. The molecule has 0 unspecified atom stereocenters. The van der Waals surface area contributed by atoms with Crippen LogP contribution in [0.3, 0.4) is 0 Å². The van der Waals surface area contributed by atoms with E-state index in [1.165, 1.54) is 74.8 Å². The van der Waals surface area contributed by atoms with E-state index in [2.05, 4.69) is 43.0 Å². The molecule has 194 valence electrons. The van der Waals surface area contributed by atoms with Crippen LogP contribution in [0.2, 0.25) is 0 Å². The highest BCUT2D eigenvalue weighted by molar-refractivity contribution is 5.35. The fraction of sp³-hybridized carbons (Fsp3) is 0.576. The Hall–Kier alpha value is -2.26. The van der Waals surface area contributed by atoms with Crippen molar-refractivity contribution >= 4 is 0 Å². The quantitative estimate of drug-likeness (QED) is 0.243. The third kappa shape index (κ3) is 6.17. The van der Waals surface area contributed by atoms with E-state index in [1.807, 2.05) is 12.1 Å². The minimum atomic E-state index is 0.320. The van der Waals surface area contributed by atoms with Crippen LogP contribution in [0.25, 0.3) is 0 Å². The van der Waals surface area contributed by atoms with Gasteiger partial charge in [-0.15, -0.1) is 0 Å². The van der Waals surface area contributed by atoms with Crippen molar-refractivity contribution in [2.45, 2.75) is 78.1 Å². The predicted octanol–water partition coefficient (Wildman–Crippen LogP) is 7.97. The third-order valence-corrected chi connectivity index (χ3v) is 9.12. The summed E-state index contributed by atoms with van der Waals surface area (Å²) in [7, 11) is 0. The van der Waals surface area contributed by atoms with Crippen molar-refractivity contribution < 1.29 is 9.84 Å². The standard InChI is InChI=1S/C33H45NO2/c1-3-34(4-2)17-7-5-6-8-32(33-28-20-26-19-27(22-28)23-29(33)21-26)36-31-15-11-25(12-16-31)18-24-9-13-30(35)14-10-24/h9-16,26-29,35H,3-8,17-23H2,1-2H3. The zero-order chi connectivity index (χ0) is 24.9. The molecule has 0 amide bonds. The van der Waals surface area contributed by atoms with E-state index in [9.17, 15) is 5.11 Å². The molecule has 2 aromatic rings. The molecule has 4 aliphatic rings. The Morgan fingerprint density at radius 3 is 1.94 bits per heavy atom. The maximum absolute atomic E-state index is 9.54. The van der Waals surface area contributed by atoms with E-state index in [0.717, 1.165) is 55.4 Å². The van der Waals surface area contributed by atoms with Gasteiger partial charge in [-0.2, -0.15) is 0 Å². The van der Waals surface area contributed by atoms with Crippen molar-refractivity contribution in [2.75, 3.05) is 19.6 Å². The van der Waals surface area contributed by atoms with Gasteiger partial charge in [-0.1, -0.05) is 44.5 Å². The molecule has 3 heteroatoms. The summed E-state index contributed by atoms with van der Waals surface area (Å²) in [6.45, 7) is 8.06. The van der Waals surface area contributed by atoms with Crippen LogP contribution in [0.15, 0.2) is 59.9 Å². The Labute approximate surface area is 218 Å².